The largest absolute Gasteiger partial charge is 0.506 e. The number of aromatic amines is 1. The summed E-state index contributed by atoms with van der Waals surface area (Å²) in [5.41, 5.74) is 2.09. The van der Waals surface area contributed by atoms with Crippen molar-refractivity contribution in [1.82, 2.24) is 15.2 Å². The van der Waals surface area contributed by atoms with Gasteiger partial charge in [0, 0.05) is 24.5 Å². The molecule has 0 spiro atoms. The Hall–Kier alpha value is -2.71. The molecule has 0 bridgehead atoms. The van der Waals surface area contributed by atoms with Gasteiger partial charge in [-0.1, -0.05) is 36.4 Å². The van der Waals surface area contributed by atoms with Crippen molar-refractivity contribution in [3.63, 3.8) is 0 Å². The van der Waals surface area contributed by atoms with Crippen LogP contribution in [0.5, 0.6) is 5.75 Å². The number of H-pyrrole nitrogens is 1. The first-order valence-corrected chi connectivity index (χ1v) is 12.2. The first-order valence-electron chi connectivity index (χ1n) is 12.2. The van der Waals surface area contributed by atoms with Crippen LogP contribution in [0.15, 0.2) is 59.4 Å². The number of aliphatic hydroxyl groups excluding tert-OH is 1. The summed E-state index contributed by atoms with van der Waals surface area (Å²) in [4.78, 5) is 16.7. The molecule has 1 atom stereocenters. The summed E-state index contributed by atoms with van der Waals surface area (Å²) in [5, 5.41) is 24.8. The highest BCUT2D eigenvalue weighted by Gasteiger charge is 2.20. The van der Waals surface area contributed by atoms with E-state index in [0.717, 1.165) is 58.7 Å². The van der Waals surface area contributed by atoms with E-state index in [1.165, 1.54) is 17.7 Å². The number of hydrogen-bond donors (Lipinski definition) is 4. The summed E-state index contributed by atoms with van der Waals surface area (Å²) in [6.45, 7) is 5.95. The highest BCUT2D eigenvalue weighted by Crippen LogP contribution is 2.28. The van der Waals surface area contributed by atoms with Gasteiger partial charge in [0.05, 0.1) is 24.8 Å². The molecule has 4 N–H and O–H groups in total. The van der Waals surface area contributed by atoms with Crippen LogP contribution < -0.4 is 10.9 Å². The number of fused-ring (bicyclic) bond motifs is 1. The van der Waals surface area contributed by atoms with Crippen LogP contribution >= 0.6 is 0 Å². The van der Waals surface area contributed by atoms with Gasteiger partial charge in [0.1, 0.15) is 5.75 Å². The monoisotopic (exact) mass is 465 g/mol. The van der Waals surface area contributed by atoms with E-state index in [0.29, 0.717) is 28.9 Å². The zero-order chi connectivity index (χ0) is 23.8. The molecule has 0 radical (unpaired) electrons. The third kappa shape index (κ3) is 6.67. The van der Waals surface area contributed by atoms with Gasteiger partial charge in [-0.05, 0) is 68.1 Å². The first kappa shape index (κ1) is 24.4. The van der Waals surface area contributed by atoms with Crippen LogP contribution in [0, 0.1) is 5.92 Å². The van der Waals surface area contributed by atoms with Gasteiger partial charge in [-0.25, -0.2) is 0 Å². The highest BCUT2D eigenvalue weighted by molar-refractivity contribution is 5.87. The number of nitrogens with zero attached hydrogens (tertiary/aromatic N) is 1. The lowest BCUT2D eigenvalue weighted by Gasteiger charge is -2.32. The van der Waals surface area contributed by atoms with Crippen LogP contribution in [0.3, 0.4) is 0 Å². The van der Waals surface area contributed by atoms with Crippen LogP contribution in [0.2, 0.25) is 0 Å². The molecule has 1 saturated heterocycles. The van der Waals surface area contributed by atoms with Gasteiger partial charge in [0.25, 0.3) is 0 Å². The number of aliphatic hydroxyl groups is 1. The Morgan fingerprint density at radius 3 is 2.65 bits per heavy atom. The minimum atomic E-state index is -0.720. The molecule has 0 saturated carbocycles. The second kappa shape index (κ2) is 12.1. The minimum absolute atomic E-state index is 0.00460. The van der Waals surface area contributed by atoms with Crippen molar-refractivity contribution in [2.75, 3.05) is 45.9 Å². The Bertz CT molecular complexity index is 1090. The number of rotatable bonds is 11. The topological polar surface area (TPSA) is 97.8 Å². The van der Waals surface area contributed by atoms with Crippen molar-refractivity contribution in [3.05, 3.63) is 76.1 Å². The average molecular weight is 466 g/mol. The number of phenols is 1. The molecule has 3 aromatic rings. The number of nitrogens with one attached hydrogen (secondary N) is 2. The molecule has 1 fully saturated rings. The number of likely N-dealkylation sites (tertiary alicyclic amines) is 1. The Balaban J connectivity index is 1.13. The minimum Gasteiger partial charge on any atom is -0.506 e. The molecule has 7 heteroatoms. The fourth-order valence-electron chi connectivity index (χ4n) is 4.63. The van der Waals surface area contributed by atoms with E-state index in [1.54, 1.807) is 12.1 Å². The molecule has 1 aliphatic rings. The molecule has 1 unspecified atom stereocenters. The zero-order valence-corrected chi connectivity index (χ0v) is 19.6. The van der Waals surface area contributed by atoms with Crippen molar-refractivity contribution in [1.29, 1.82) is 0 Å². The molecule has 182 valence electrons. The van der Waals surface area contributed by atoms with E-state index < -0.39 is 6.10 Å². The fraction of sp³-hybridized carbons (Fsp3) is 0.444. The van der Waals surface area contributed by atoms with Crippen molar-refractivity contribution < 1.29 is 14.9 Å². The van der Waals surface area contributed by atoms with E-state index in [1.807, 2.05) is 6.07 Å². The number of piperidine rings is 1. The maximum atomic E-state index is 11.6. The molecule has 0 amide bonds. The third-order valence-corrected chi connectivity index (χ3v) is 6.67. The Labute approximate surface area is 200 Å². The maximum Gasteiger partial charge on any atom is 0.248 e. The lowest BCUT2D eigenvalue weighted by molar-refractivity contribution is 0.0892. The Morgan fingerprint density at radius 1 is 1.06 bits per heavy atom. The zero-order valence-electron chi connectivity index (χ0n) is 19.6. The van der Waals surface area contributed by atoms with Gasteiger partial charge in [0.2, 0.25) is 5.56 Å². The number of aromatic hydroxyl groups is 1. The molecular weight excluding hydrogens is 430 g/mol. The predicted octanol–water partition coefficient (Wildman–Crippen LogP) is 2.83. The molecule has 7 nitrogen and oxygen atoms in total. The summed E-state index contributed by atoms with van der Waals surface area (Å²) in [6.07, 6.45) is 2.51. The predicted molar refractivity (Wildman–Crippen MR) is 134 cm³/mol. The van der Waals surface area contributed by atoms with E-state index in [9.17, 15) is 15.0 Å². The summed E-state index contributed by atoms with van der Waals surface area (Å²) in [5.74, 6) is 0.598. The molecule has 2 heterocycles. The van der Waals surface area contributed by atoms with Gasteiger partial charge >= 0.3 is 0 Å². The van der Waals surface area contributed by atoms with Crippen molar-refractivity contribution in [2.45, 2.75) is 25.4 Å². The SMILES string of the molecule is O=c1ccc2c(C(O)CNCC3CCN(CCOCCc4ccccc4)CC3)ccc(O)c2[nH]1. The van der Waals surface area contributed by atoms with Crippen LogP contribution in [0.1, 0.15) is 30.1 Å². The van der Waals surface area contributed by atoms with Crippen LogP contribution in [-0.4, -0.2) is 66.0 Å². The van der Waals surface area contributed by atoms with Crippen molar-refractivity contribution in [2.24, 2.45) is 5.92 Å². The normalized spacial score (nSPS) is 16.1. The number of ether oxygens (including phenoxy) is 1. The summed E-state index contributed by atoms with van der Waals surface area (Å²) >= 11 is 0. The van der Waals surface area contributed by atoms with Gasteiger partial charge < -0.3 is 30.2 Å². The molecule has 34 heavy (non-hydrogen) atoms. The van der Waals surface area contributed by atoms with Gasteiger partial charge in [0.15, 0.2) is 0 Å². The van der Waals surface area contributed by atoms with Gasteiger partial charge in [-0.15, -0.1) is 0 Å². The van der Waals surface area contributed by atoms with Crippen LogP contribution in [0.4, 0.5) is 0 Å². The van der Waals surface area contributed by atoms with E-state index in [2.05, 4.69) is 39.5 Å². The smallest absolute Gasteiger partial charge is 0.248 e. The Kier molecular flexibility index (Phi) is 8.71. The maximum absolute atomic E-state index is 11.6. The summed E-state index contributed by atoms with van der Waals surface area (Å²) < 4.78 is 5.83. The molecular formula is C27H35N3O4. The van der Waals surface area contributed by atoms with E-state index in [4.69, 9.17) is 4.74 Å². The summed E-state index contributed by atoms with van der Waals surface area (Å²) in [6, 6.07) is 16.7. The lowest BCUT2D eigenvalue weighted by Crippen LogP contribution is -2.39. The van der Waals surface area contributed by atoms with E-state index >= 15 is 0 Å². The molecule has 2 aromatic carbocycles. The van der Waals surface area contributed by atoms with Crippen molar-refractivity contribution in [3.8, 4) is 5.75 Å². The quantitative estimate of drug-likeness (QED) is 0.325. The van der Waals surface area contributed by atoms with Gasteiger partial charge in [-0.2, -0.15) is 0 Å². The van der Waals surface area contributed by atoms with Crippen molar-refractivity contribution >= 4 is 10.9 Å². The lowest BCUT2D eigenvalue weighted by atomic mass is 9.96. The Morgan fingerprint density at radius 2 is 1.85 bits per heavy atom. The highest BCUT2D eigenvalue weighted by atomic mass is 16.5. The average Bonchev–Trinajstić information content (AvgIpc) is 2.86. The summed E-state index contributed by atoms with van der Waals surface area (Å²) in [7, 11) is 0. The molecule has 1 aliphatic heterocycles. The second-order valence-corrected chi connectivity index (χ2v) is 9.09. The standard InChI is InChI=1S/C27H35N3O4/c31-24-8-6-22(23-7-9-26(33)29-27(23)24)25(32)19-28-18-21-10-13-30(14-11-21)15-17-34-16-12-20-4-2-1-3-5-20/h1-9,21,25,28,31-32H,10-19H2,(H,29,33). The third-order valence-electron chi connectivity index (χ3n) is 6.67. The molecule has 1 aromatic heterocycles. The number of pyridine rings is 1. The van der Waals surface area contributed by atoms with Crippen LogP contribution in [0.25, 0.3) is 10.9 Å². The second-order valence-electron chi connectivity index (χ2n) is 9.09. The van der Waals surface area contributed by atoms with Gasteiger partial charge in [-0.3, -0.25) is 4.79 Å². The molecule has 0 aliphatic carbocycles. The molecule has 4 rings (SSSR count). The van der Waals surface area contributed by atoms with E-state index in [-0.39, 0.29) is 11.3 Å². The first-order chi connectivity index (χ1) is 16.6. The van der Waals surface area contributed by atoms with Crippen LogP contribution in [-0.2, 0) is 11.2 Å². The fourth-order valence-corrected chi connectivity index (χ4v) is 4.63. The number of hydrogen-bond acceptors (Lipinski definition) is 6. The number of benzene rings is 2. The number of phenolic OH excluding ortho intramolecular Hbond substituents is 1. The number of aromatic nitrogens is 1.